The first-order valence-corrected chi connectivity index (χ1v) is 9.88. The number of anilines is 1. The van der Waals surface area contributed by atoms with Crippen molar-refractivity contribution in [3.63, 3.8) is 0 Å². The molecule has 0 radical (unpaired) electrons. The first-order chi connectivity index (χ1) is 12.4. The lowest BCUT2D eigenvalue weighted by Crippen LogP contribution is -2.41. The molecular weight excluding hydrogens is 373 g/mol. The molecule has 26 heavy (non-hydrogen) atoms. The summed E-state index contributed by atoms with van der Waals surface area (Å²) >= 11 is 12.5. The number of nitrogens with two attached hydrogens (primary N) is 1. The number of benzene rings is 1. The zero-order valence-electron chi connectivity index (χ0n) is 14.8. The van der Waals surface area contributed by atoms with Gasteiger partial charge in [0.1, 0.15) is 5.76 Å². The van der Waals surface area contributed by atoms with Crippen molar-refractivity contribution in [1.82, 2.24) is 10.2 Å². The van der Waals surface area contributed by atoms with Gasteiger partial charge >= 0.3 is 0 Å². The van der Waals surface area contributed by atoms with Crippen molar-refractivity contribution in [3.8, 4) is 0 Å². The first-order valence-electron chi connectivity index (χ1n) is 9.13. The maximum atomic E-state index is 12.8. The molecule has 4 rings (SSSR count). The Labute approximate surface area is 162 Å². The van der Waals surface area contributed by atoms with Gasteiger partial charge < -0.3 is 15.5 Å². The Morgan fingerprint density at radius 2 is 2.04 bits per heavy atom. The molecule has 2 saturated heterocycles. The van der Waals surface area contributed by atoms with Crippen LogP contribution in [-0.2, 0) is 0 Å². The lowest BCUT2D eigenvalue weighted by Gasteiger charge is -2.32. The van der Waals surface area contributed by atoms with Crippen LogP contribution < -0.4 is 11.1 Å². The van der Waals surface area contributed by atoms with Crippen molar-refractivity contribution in [3.05, 3.63) is 27.4 Å². The number of halogens is 2. The Morgan fingerprint density at radius 3 is 2.73 bits per heavy atom. The molecule has 0 spiro atoms. The number of amides is 1. The molecule has 1 aromatic heterocycles. The van der Waals surface area contributed by atoms with Gasteiger partial charge in [-0.05, 0) is 58.2 Å². The molecular formula is C19H23Cl2N3O2. The fourth-order valence-corrected chi connectivity index (χ4v) is 5.08. The summed E-state index contributed by atoms with van der Waals surface area (Å²) in [7, 11) is 0. The average molecular weight is 396 g/mol. The third-order valence-electron chi connectivity index (χ3n) is 5.98. The van der Waals surface area contributed by atoms with Gasteiger partial charge in [-0.3, -0.25) is 9.69 Å². The van der Waals surface area contributed by atoms with Gasteiger partial charge in [0.15, 0.2) is 5.58 Å². The number of nitrogens with one attached hydrogen (secondary N) is 1. The zero-order valence-corrected chi connectivity index (χ0v) is 16.3. The summed E-state index contributed by atoms with van der Waals surface area (Å²) in [6, 6.07) is 1.56. The Bertz CT molecular complexity index is 868. The van der Waals surface area contributed by atoms with Crippen LogP contribution in [0.1, 0.15) is 48.2 Å². The van der Waals surface area contributed by atoms with Crippen LogP contribution in [0.5, 0.6) is 0 Å². The van der Waals surface area contributed by atoms with E-state index in [0.29, 0.717) is 44.6 Å². The maximum Gasteiger partial charge on any atom is 0.255 e. The van der Waals surface area contributed by atoms with E-state index in [1.165, 1.54) is 38.8 Å². The van der Waals surface area contributed by atoms with E-state index < -0.39 is 0 Å². The van der Waals surface area contributed by atoms with E-state index in [4.69, 9.17) is 33.4 Å². The molecule has 2 fully saturated rings. The van der Waals surface area contributed by atoms with Crippen molar-refractivity contribution in [1.29, 1.82) is 0 Å². The molecule has 3 N–H and O–H groups in total. The number of rotatable bonds is 4. The third kappa shape index (κ3) is 2.77. The second-order valence-electron chi connectivity index (χ2n) is 7.42. The van der Waals surface area contributed by atoms with Crippen molar-refractivity contribution >= 4 is 45.8 Å². The van der Waals surface area contributed by atoms with E-state index in [0.717, 1.165) is 6.42 Å². The predicted molar refractivity (Wildman–Crippen MR) is 105 cm³/mol. The molecule has 1 aromatic carbocycles. The van der Waals surface area contributed by atoms with Crippen LogP contribution in [0.25, 0.3) is 11.0 Å². The molecule has 0 atom stereocenters. The molecule has 7 heteroatoms. The Balaban J connectivity index is 1.54. The minimum atomic E-state index is -0.207. The van der Waals surface area contributed by atoms with Crippen LogP contribution in [0.4, 0.5) is 5.69 Å². The summed E-state index contributed by atoms with van der Waals surface area (Å²) in [5, 5.41) is 4.26. The molecule has 3 heterocycles. The summed E-state index contributed by atoms with van der Waals surface area (Å²) in [6.45, 7) is 4.75. The number of nitrogens with zero attached hydrogens (tertiary/aromatic N) is 1. The maximum absolute atomic E-state index is 12.8. The van der Waals surface area contributed by atoms with E-state index in [1.54, 1.807) is 13.0 Å². The number of aryl methyl sites for hydroxylation is 1. The summed E-state index contributed by atoms with van der Waals surface area (Å²) in [5.41, 5.74) is 7.42. The third-order valence-corrected chi connectivity index (χ3v) is 6.75. The molecule has 0 bridgehead atoms. The fraction of sp³-hybridized carbons (Fsp3) is 0.526. The van der Waals surface area contributed by atoms with Crippen molar-refractivity contribution in [2.75, 3.05) is 25.4 Å². The normalized spacial score (nSPS) is 19.2. The number of carbonyl (C=O) groups is 1. The van der Waals surface area contributed by atoms with Gasteiger partial charge in [0.25, 0.3) is 5.91 Å². The quantitative estimate of drug-likeness (QED) is 0.753. The van der Waals surface area contributed by atoms with Crippen LogP contribution >= 0.6 is 23.2 Å². The molecule has 0 aliphatic carbocycles. The highest BCUT2D eigenvalue weighted by Crippen LogP contribution is 2.41. The molecule has 2 aliphatic rings. The molecule has 140 valence electrons. The van der Waals surface area contributed by atoms with Crippen LogP contribution in [0.2, 0.25) is 10.0 Å². The van der Waals surface area contributed by atoms with Crippen LogP contribution in [0, 0.1) is 6.92 Å². The van der Waals surface area contributed by atoms with E-state index >= 15 is 0 Å². The Morgan fingerprint density at radius 1 is 1.35 bits per heavy atom. The first kappa shape index (κ1) is 18.0. The number of furan rings is 1. The minimum absolute atomic E-state index is 0.207. The van der Waals surface area contributed by atoms with Gasteiger partial charge in [0.05, 0.1) is 26.7 Å². The van der Waals surface area contributed by atoms with E-state index in [-0.39, 0.29) is 11.4 Å². The van der Waals surface area contributed by atoms with Gasteiger partial charge in [-0.15, -0.1) is 0 Å². The summed E-state index contributed by atoms with van der Waals surface area (Å²) in [4.78, 5) is 15.4. The number of fused-ring (bicyclic) bond motifs is 2. The number of hydrogen-bond donors (Lipinski definition) is 2. The van der Waals surface area contributed by atoms with E-state index in [2.05, 4.69) is 10.2 Å². The molecule has 2 aromatic rings. The lowest BCUT2D eigenvalue weighted by atomic mass is 9.90. The highest BCUT2D eigenvalue weighted by atomic mass is 35.5. The highest BCUT2D eigenvalue weighted by molar-refractivity contribution is 6.41. The molecule has 1 amide bonds. The number of hydrogen-bond acceptors (Lipinski definition) is 4. The van der Waals surface area contributed by atoms with Crippen molar-refractivity contribution in [2.45, 2.75) is 44.6 Å². The van der Waals surface area contributed by atoms with Gasteiger partial charge in [-0.25, -0.2) is 0 Å². The molecule has 0 saturated carbocycles. The fourth-order valence-electron chi connectivity index (χ4n) is 4.65. The Hall–Kier alpha value is -1.43. The summed E-state index contributed by atoms with van der Waals surface area (Å²) in [6.07, 6.45) is 5.95. The van der Waals surface area contributed by atoms with Gasteiger partial charge in [0.2, 0.25) is 0 Å². The second-order valence-corrected chi connectivity index (χ2v) is 8.21. The van der Waals surface area contributed by atoms with Crippen molar-refractivity contribution < 1.29 is 9.21 Å². The molecule has 2 aliphatic heterocycles. The second kappa shape index (κ2) is 6.63. The standard InChI is InChI=1S/C19H23Cl2N3O2/c1-11-15(21)14-16(22)13(20)10-12(17(14)26-11)18(25)23-7-6-19-4-2-8-24(19)9-3-5-19/h10H,2-9,22H2,1H3,(H,23,25). The van der Waals surface area contributed by atoms with E-state index in [1.807, 2.05) is 0 Å². The largest absolute Gasteiger partial charge is 0.459 e. The number of carbonyl (C=O) groups excluding carboxylic acids is 1. The van der Waals surface area contributed by atoms with Gasteiger partial charge in [-0.2, -0.15) is 0 Å². The monoisotopic (exact) mass is 395 g/mol. The van der Waals surface area contributed by atoms with Crippen LogP contribution in [0.3, 0.4) is 0 Å². The zero-order chi connectivity index (χ0) is 18.5. The SMILES string of the molecule is Cc1oc2c(C(=O)NCCC34CCCN3CCC4)cc(Cl)c(N)c2c1Cl. The van der Waals surface area contributed by atoms with Crippen molar-refractivity contribution in [2.24, 2.45) is 0 Å². The number of nitrogen functional groups attached to an aromatic ring is 1. The highest BCUT2D eigenvalue weighted by Gasteiger charge is 2.43. The predicted octanol–water partition coefficient (Wildman–Crippen LogP) is 4.38. The molecule has 0 unspecified atom stereocenters. The summed E-state index contributed by atoms with van der Waals surface area (Å²) < 4.78 is 5.69. The minimum Gasteiger partial charge on any atom is -0.459 e. The summed E-state index contributed by atoms with van der Waals surface area (Å²) in [5.74, 6) is 0.317. The Kier molecular flexibility index (Phi) is 4.58. The molecule has 5 nitrogen and oxygen atoms in total. The van der Waals surface area contributed by atoms with E-state index in [9.17, 15) is 4.79 Å². The van der Waals surface area contributed by atoms with Gasteiger partial charge in [-0.1, -0.05) is 23.2 Å². The van der Waals surface area contributed by atoms with Crippen LogP contribution in [0.15, 0.2) is 10.5 Å². The van der Waals surface area contributed by atoms with Gasteiger partial charge in [0, 0.05) is 12.1 Å². The average Bonchev–Trinajstić information content (AvgIpc) is 3.24. The smallest absolute Gasteiger partial charge is 0.255 e. The lowest BCUT2D eigenvalue weighted by molar-refractivity contribution is 0.0943. The topological polar surface area (TPSA) is 71.5 Å². The van der Waals surface area contributed by atoms with Crippen LogP contribution in [-0.4, -0.2) is 36.0 Å².